The van der Waals surface area contributed by atoms with E-state index < -0.39 is 0 Å². The molecule has 1 aliphatic rings. The van der Waals surface area contributed by atoms with Crippen molar-refractivity contribution in [1.29, 1.82) is 0 Å². The number of fused-ring (bicyclic) bond motifs is 2. The molecular weight excluding hydrogens is 409 g/mol. The number of methoxy groups -OCH3 is 1. The van der Waals surface area contributed by atoms with Crippen LogP contribution in [0.4, 0.5) is 21.6 Å². The average molecular weight is 436 g/mol. The van der Waals surface area contributed by atoms with Crippen LogP contribution in [-0.4, -0.2) is 52.0 Å². The summed E-state index contributed by atoms with van der Waals surface area (Å²) in [5.41, 5.74) is 2.74. The van der Waals surface area contributed by atoms with Gasteiger partial charge in [-0.25, -0.2) is 14.4 Å². The molecule has 2 N–H and O–H groups in total. The van der Waals surface area contributed by atoms with E-state index in [1.807, 2.05) is 12.1 Å². The van der Waals surface area contributed by atoms with Gasteiger partial charge in [0.25, 0.3) is 0 Å². The number of piperazine rings is 1. The molecule has 0 aliphatic carbocycles. The molecule has 4 aromatic rings. The number of anilines is 3. The Balaban J connectivity index is 1.56. The minimum absolute atomic E-state index is 0.340. The predicted molar refractivity (Wildman–Crippen MR) is 124 cm³/mol. The van der Waals surface area contributed by atoms with Crippen LogP contribution in [0.25, 0.3) is 21.8 Å². The van der Waals surface area contributed by atoms with E-state index in [-0.39, 0.29) is 5.82 Å². The molecule has 0 amide bonds. The van der Waals surface area contributed by atoms with Crippen molar-refractivity contribution >= 4 is 39.0 Å². The molecule has 5 rings (SSSR count). The zero-order valence-corrected chi connectivity index (χ0v) is 18.6. The molecule has 9 heteroatoms. The first kappa shape index (κ1) is 20.4. The molecule has 1 saturated heterocycles. The molecule has 3 heterocycles. The number of rotatable bonds is 4. The summed E-state index contributed by atoms with van der Waals surface area (Å²) < 4.78 is 21.9. The fraction of sp³-hybridized carbons (Fsp3) is 0.348. The van der Waals surface area contributed by atoms with E-state index in [2.05, 4.69) is 50.5 Å². The summed E-state index contributed by atoms with van der Waals surface area (Å²) in [6.45, 7) is 6.17. The number of benzene rings is 2. The molecule has 1 aliphatic heterocycles. The van der Waals surface area contributed by atoms with Crippen LogP contribution >= 0.6 is 0 Å². The molecule has 0 radical (unpaired) electrons. The second-order valence-electron chi connectivity index (χ2n) is 8.46. The van der Waals surface area contributed by atoms with Crippen LogP contribution in [0.3, 0.4) is 0 Å². The summed E-state index contributed by atoms with van der Waals surface area (Å²) in [6, 6.07) is 8.13. The molecular formula is C23H26FN7O. The molecule has 166 valence electrons. The molecule has 0 bridgehead atoms. The summed E-state index contributed by atoms with van der Waals surface area (Å²) in [5, 5.41) is 12.4. The van der Waals surface area contributed by atoms with E-state index in [9.17, 15) is 4.39 Å². The van der Waals surface area contributed by atoms with E-state index in [1.54, 1.807) is 25.0 Å². The van der Waals surface area contributed by atoms with Gasteiger partial charge in [-0.15, -0.1) is 0 Å². The Labute approximate surface area is 185 Å². The largest absolute Gasteiger partial charge is 0.496 e. The number of hydrogen-bond donors (Lipinski definition) is 2. The third kappa shape index (κ3) is 3.69. The number of aryl methyl sites for hydroxylation is 1. The summed E-state index contributed by atoms with van der Waals surface area (Å²) in [4.78, 5) is 11.3. The van der Waals surface area contributed by atoms with Crippen molar-refractivity contribution < 1.29 is 9.13 Å². The Bertz CT molecular complexity index is 1290. The maximum Gasteiger partial charge on any atom is 0.153 e. The quantitative estimate of drug-likeness (QED) is 0.507. The minimum Gasteiger partial charge on any atom is -0.496 e. The topological polar surface area (TPSA) is 80.1 Å². The Morgan fingerprint density at radius 1 is 1.12 bits per heavy atom. The van der Waals surface area contributed by atoms with Gasteiger partial charge >= 0.3 is 0 Å². The normalized spacial score (nSPS) is 19.0. The highest BCUT2D eigenvalue weighted by Gasteiger charge is 2.23. The van der Waals surface area contributed by atoms with E-state index in [4.69, 9.17) is 4.74 Å². The van der Waals surface area contributed by atoms with Crippen LogP contribution in [0, 0.1) is 5.82 Å². The molecule has 0 unspecified atom stereocenters. The zero-order chi connectivity index (χ0) is 22.4. The number of halogens is 1. The van der Waals surface area contributed by atoms with E-state index in [1.165, 1.54) is 12.4 Å². The van der Waals surface area contributed by atoms with Crippen LogP contribution in [0.5, 0.6) is 5.75 Å². The highest BCUT2D eigenvalue weighted by Crippen LogP contribution is 2.36. The SMILES string of the molecule is COc1cc(N2C[C@@H](C)N[C@@H](C)C2)cc2ncnc(Nc3cc(F)c4nn(C)cc4c3)c12. The van der Waals surface area contributed by atoms with Gasteiger partial charge in [0.05, 0.1) is 18.0 Å². The van der Waals surface area contributed by atoms with Gasteiger partial charge in [-0.05, 0) is 32.0 Å². The average Bonchev–Trinajstić information content (AvgIpc) is 3.13. The molecule has 0 spiro atoms. The first-order chi connectivity index (χ1) is 15.4. The fourth-order valence-corrected chi connectivity index (χ4v) is 4.54. The predicted octanol–water partition coefficient (Wildman–Crippen LogP) is 3.59. The lowest BCUT2D eigenvalue weighted by molar-refractivity contribution is 0.404. The van der Waals surface area contributed by atoms with Gasteiger partial charge in [0.15, 0.2) is 5.82 Å². The van der Waals surface area contributed by atoms with Crippen LogP contribution in [0.2, 0.25) is 0 Å². The molecule has 32 heavy (non-hydrogen) atoms. The maximum absolute atomic E-state index is 14.6. The van der Waals surface area contributed by atoms with Crippen LogP contribution in [0.15, 0.2) is 36.8 Å². The summed E-state index contributed by atoms with van der Waals surface area (Å²) in [5.74, 6) is 0.839. The fourth-order valence-electron chi connectivity index (χ4n) is 4.54. The summed E-state index contributed by atoms with van der Waals surface area (Å²) in [7, 11) is 3.41. The lowest BCUT2D eigenvalue weighted by Crippen LogP contribution is -2.54. The van der Waals surface area contributed by atoms with E-state index in [0.717, 1.165) is 29.7 Å². The van der Waals surface area contributed by atoms with Crippen molar-refractivity contribution in [2.75, 3.05) is 30.4 Å². The summed E-state index contributed by atoms with van der Waals surface area (Å²) >= 11 is 0. The molecule has 0 saturated carbocycles. The van der Waals surface area contributed by atoms with Crippen LogP contribution < -0.4 is 20.3 Å². The van der Waals surface area contributed by atoms with Gasteiger partial charge in [0.2, 0.25) is 0 Å². The Kier molecular flexibility index (Phi) is 5.05. The van der Waals surface area contributed by atoms with E-state index in [0.29, 0.717) is 40.2 Å². The zero-order valence-electron chi connectivity index (χ0n) is 18.6. The number of aromatic nitrogens is 4. The van der Waals surface area contributed by atoms with Crippen LogP contribution in [0.1, 0.15) is 13.8 Å². The molecule has 2 atom stereocenters. The number of ether oxygens (including phenoxy) is 1. The van der Waals surface area contributed by atoms with Gasteiger partial charge in [0.1, 0.15) is 23.4 Å². The first-order valence-electron chi connectivity index (χ1n) is 10.6. The molecule has 2 aromatic carbocycles. The van der Waals surface area contributed by atoms with Gasteiger partial charge in [-0.3, -0.25) is 4.68 Å². The summed E-state index contributed by atoms with van der Waals surface area (Å²) in [6.07, 6.45) is 3.29. The van der Waals surface area contributed by atoms with Gasteiger partial charge in [-0.1, -0.05) is 0 Å². The van der Waals surface area contributed by atoms with Crippen molar-refractivity contribution in [1.82, 2.24) is 25.1 Å². The lowest BCUT2D eigenvalue weighted by atomic mass is 10.1. The number of nitrogens with one attached hydrogen (secondary N) is 2. The van der Waals surface area contributed by atoms with Crippen molar-refractivity contribution in [3.63, 3.8) is 0 Å². The second-order valence-corrected chi connectivity index (χ2v) is 8.46. The minimum atomic E-state index is -0.389. The Hall–Kier alpha value is -3.46. The smallest absolute Gasteiger partial charge is 0.153 e. The molecule has 2 aromatic heterocycles. The molecule has 8 nitrogen and oxygen atoms in total. The highest BCUT2D eigenvalue weighted by atomic mass is 19.1. The first-order valence-corrected chi connectivity index (χ1v) is 10.6. The Morgan fingerprint density at radius 3 is 2.66 bits per heavy atom. The molecule has 1 fully saturated rings. The van der Waals surface area contributed by atoms with E-state index >= 15 is 0 Å². The van der Waals surface area contributed by atoms with Gasteiger partial charge in [0, 0.05) is 61.2 Å². The highest BCUT2D eigenvalue weighted by molar-refractivity contribution is 5.98. The van der Waals surface area contributed by atoms with Crippen molar-refractivity contribution in [3.05, 3.63) is 42.6 Å². The monoisotopic (exact) mass is 435 g/mol. The van der Waals surface area contributed by atoms with Gasteiger partial charge < -0.3 is 20.3 Å². The van der Waals surface area contributed by atoms with Crippen molar-refractivity contribution in [2.24, 2.45) is 7.05 Å². The standard InChI is InChI=1S/C23H26FN7O/c1-13-9-31(10-14(2)27-13)17-7-19-21(20(8-17)32-4)23(26-12-25-19)28-16-5-15-11-30(3)29-22(15)18(24)6-16/h5-8,11-14,27H,9-10H2,1-4H3,(H,25,26,28)/t13-,14+. The third-order valence-corrected chi connectivity index (χ3v) is 5.77. The van der Waals surface area contributed by atoms with Crippen molar-refractivity contribution in [2.45, 2.75) is 25.9 Å². The number of nitrogens with zero attached hydrogens (tertiary/aromatic N) is 5. The Morgan fingerprint density at radius 2 is 1.91 bits per heavy atom. The van der Waals surface area contributed by atoms with Crippen LogP contribution in [-0.2, 0) is 7.05 Å². The maximum atomic E-state index is 14.6. The van der Waals surface area contributed by atoms with Gasteiger partial charge in [-0.2, -0.15) is 5.10 Å². The lowest BCUT2D eigenvalue weighted by Gasteiger charge is -2.37. The number of hydrogen-bond acceptors (Lipinski definition) is 7. The second kappa shape index (κ2) is 7.90. The third-order valence-electron chi connectivity index (χ3n) is 5.77. The van der Waals surface area contributed by atoms with Crippen molar-refractivity contribution in [3.8, 4) is 5.75 Å².